The minimum Gasteiger partial charge on any atom is -0.466 e. The van der Waals surface area contributed by atoms with Gasteiger partial charge in [0.1, 0.15) is 0 Å². The zero-order valence-corrected chi connectivity index (χ0v) is 9.86. The van der Waals surface area contributed by atoms with E-state index in [1.165, 1.54) is 6.92 Å². The Morgan fingerprint density at radius 2 is 2.05 bits per heavy atom. The highest BCUT2D eigenvalue weighted by Crippen LogP contribution is 2.36. The molecule has 0 unspecified atom stereocenters. The van der Waals surface area contributed by atoms with Crippen LogP contribution in [0.4, 0.5) is 18.9 Å². The molecule has 0 radical (unpaired) electrons. The lowest BCUT2D eigenvalue weighted by Gasteiger charge is -2.12. The van der Waals surface area contributed by atoms with E-state index in [-0.39, 0.29) is 6.61 Å². The van der Waals surface area contributed by atoms with Crippen LogP contribution in [0.1, 0.15) is 18.1 Å². The van der Waals surface area contributed by atoms with Gasteiger partial charge in [-0.1, -0.05) is 6.07 Å². The van der Waals surface area contributed by atoms with Crippen LogP contribution >= 0.6 is 0 Å². The van der Waals surface area contributed by atoms with E-state index >= 15 is 0 Å². The van der Waals surface area contributed by atoms with E-state index in [0.29, 0.717) is 6.07 Å². The highest BCUT2D eigenvalue weighted by molar-refractivity contribution is 5.75. The standard InChI is InChI=1S/C11H10F3NO4/c1-2-19-10(16)6-7-8(11(12,13)14)4-3-5-9(7)15(17)18/h3-5H,2,6H2,1H3. The number of carbonyl (C=O) groups excluding carboxylic acids is 1. The van der Waals surface area contributed by atoms with Crippen molar-refractivity contribution in [1.82, 2.24) is 0 Å². The molecule has 104 valence electrons. The number of hydrogen-bond acceptors (Lipinski definition) is 4. The number of halogens is 3. The van der Waals surface area contributed by atoms with Crippen molar-refractivity contribution in [3.8, 4) is 0 Å². The summed E-state index contributed by atoms with van der Waals surface area (Å²) in [6.45, 7) is 1.47. The second kappa shape index (κ2) is 5.68. The Hall–Kier alpha value is -2.12. The summed E-state index contributed by atoms with van der Waals surface area (Å²) in [6, 6.07) is 2.54. The SMILES string of the molecule is CCOC(=O)Cc1c([N+](=O)[O-])cccc1C(F)(F)F. The molecular formula is C11H10F3NO4. The molecule has 0 fully saturated rings. The monoisotopic (exact) mass is 277 g/mol. The predicted molar refractivity (Wildman–Crippen MR) is 58.4 cm³/mol. The highest BCUT2D eigenvalue weighted by atomic mass is 19.4. The molecule has 0 bridgehead atoms. The molecule has 0 amide bonds. The van der Waals surface area contributed by atoms with Crippen LogP contribution in [0.5, 0.6) is 0 Å². The normalized spacial score (nSPS) is 11.2. The summed E-state index contributed by atoms with van der Waals surface area (Å²) < 4.78 is 42.8. The quantitative estimate of drug-likeness (QED) is 0.482. The van der Waals surface area contributed by atoms with Gasteiger partial charge in [0.15, 0.2) is 0 Å². The second-order valence-corrected chi connectivity index (χ2v) is 3.54. The van der Waals surface area contributed by atoms with Gasteiger partial charge in [-0.3, -0.25) is 14.9 Å². The molecule has 19 heavy (non-hydrogen) atoms. The van der Waals surface area contributed by atoms with Gasteiger partial charge in [0.2, 0.25) is 0 Å². The third-order valence-electron chi connectivity index (χ3n) is 2.28. The third kappa shape index (κ3) is 3.67. The Morgan fingerprint density at radius 1 is 1.42 bits per heavy atom. The van der Waals surface area contributed by atoms with E-state index < -0.39 is 40.3 Å². The van der Waals surface area contributed by atoms with Crippen LogP contribution in [0.15, 0.2) is 18.2 Å². The van der Waals surface area contributed by atoms with Crippen molar-refractivity contribution in [2.75, 3.05) is 6.61 Å². The predicted octanol–water partition coefficient (Wildman–Crippen LogP) is 2.72. The molecule has 0 aromatic heterocycles. The number of nitrogens with zero attached hydrogens (tertiary/aromatic N) is 1. The number of nitro groups is 1. The van der Waals surface area contributed by atoms with Crippen LogP contribution in [0.2, 0.25) is 0 Å². The van der Waals surface area contributed by atoms with E-state index in [1.54, 1.807) is 0 Å². The molecule has 1 aromatic carbocycles. The van der Waals surface area contributed by atoms with Crippen molar-refractivity contribution in [3.63, 3.8) is 0 Å². The maximum atomic E-state index is 12.8. The fourth-order valence-corrected chi connectivity index (χ4v) is 1.55. The first-order valence-electron chi connectivity index (χ1n) is 5.26. The Labute approximate surface area is 106 Å². The first kappa shape index (κ1) is 14.9. The minimum absolute atomic E-state index is 0.0131. The number of nitro benzene ring substituents is 1. The lowest BCUT2D eigenvalue weighted by molar-refractivity contribution is -0.385. The topological polar surface area (TPSA) is 69.4 Å². The first-order chi connectivity index (χ1) is 8.77. The van der Waals surface area contributed by atoms with Crippen LogP contribution in [0, 0.1) is 10.1 Å². The summed E-state index contributed by atoms with van der Waals surface area (Å²) in [7, 11) is 0. The average molecular weight is 277 g/mol. The van der Waals surface area contributed by atoms with Crippen LogP contribution in [-0.4, -0.2) is 17.5 Å². The van der Waals surface area contributed by atoms with Gasteiger partial charge < -0.3 is 4.74 Å². The molecule has 8 heteroatoms. The van der Waals surface area contributed by atoms with Crippen molar-refractivity contribution in [2.45, 2.75) is 19.5 Å². The van der Waals surface area contributed by atoms with Gasteiger partial charge in [0, 0.05) is 6.07 Å². The Kier molecular flexibility index (Phi) is 4.47. The fourth-order valence-electron chi connectivity index (χ4n) is 1.55. The van der Waals surface area contributed by atoms with Crippen molar-refractivity contribution in [3.05, 3.63) is 39.4 Å². The van der Waals surface area contributed by atoms with E-state index in [2.05, 4.69) is 4.74 Å². The fraction of sp³-hybridized carbons (Fsp3) is 0.364. The first-order valence-corrected chi connectivity index (χ1v) is 5.26. The average Bonchev–Trinajstić information content (AvgIpc) is 2.27. The molecule has 0 atom stereocenters. The smallest absolute Gasteiger partial charge is 0.416 e. The molecule has 1 aromatic rings. The van der Waals surface area contributed by atoms with E-state index in [0.717, 1.165) is 12.1 Å². The number of ether oxygens (including phenoxy) is 1. The summed E-state index contributed by atoms with van der Waals surface area (Å²) in [4.78, 5) is 21.0. The second-order valence-electron chi connectivity index (χ2n) is 3.54. The Balaban J connectivity index is 3.30. The van der Waals surface area contributed by atoms with Gasteiger partial charge in [-0.25, -0.2) is 0 Å². The number of benzene rings is 1. The Morgan fingerprint density at radius 3 is 2.53 bits per heavy atom. The summed E-state index contributed by atoms with van der Waals surface area (Å²) in [5, 5.41) is 10.7. The van der Waals surface area contributed by atoms with E-state index in [1.807, 2.05) is 0 Å². The van der Waals surface area contributed by atoms with Crippen LogP contribution < -0.4 is 0 Å². The molecule has 0 aliphatic rings. The summed E-state index contributed by atoms with van der Waals surface area (Å²) in [5.41, 5.74) is -2.63. The van der Waals surface area contributed by atoms with Crippen LogP contribution in [0.3, 0.4) is 0 Å². The number of carbonyl (C=O) groups is 1. The van der Waals surface area contributed by atoms with E-state index in [4.69, 9.17) is 0 Å². The summed E-state index contributed by atoms with van der Waals surface area (Å²) in [5.74, 6) is -0.942. The molecule has 0 aliphatic carbocycles. The maximum absolute atomic E-state index is 12.8. The van der Waals surface area contributed by atoms with Crippen LogP contribution in [-0.2, 0) is 22.1 Å². The zero-order chi connectivity index (χ0) is 14.6. The van der Waals surface area contributed by atoms with Gasteiger partial charge in [-0.15, -0.1) is 0 Å². The van der Waals surface area contributed by atoms with Gasteiger partial charge in [0.25, 0.3) is 5.69 Å². The number of esters is 1. The molecule has 0 heterocycles. The lowest BCUT2D eigenvalue weighted by atomic mass is 10.0. The molecule has 0 saturated heterocycles. The maximum Gasteiger partial charge on any atom is 0.416 e. The molecule has 0 N–H and O–H groups in total. The zero-order valence-electron chi connectivity index (χ0n) is 9.86. The lowest BCUT2D eigenvalue weighted by Crippen LogP contribution is -2.16. The molecule has 1 rings (SSSR count). The third-order valence-corrected chi connectivity index (χ3v) is 2.28. The molecule has 5 nitrogen and oxygen atoms in total. The number of hydrogen-bond donors (Lipinski definition) is 0. The van der Waals surface area contributed by atoms with E-state index in [9.17, 15) is 28.1 Å². The van der Waals surface area contributed by atoms with Gasteiger partial charge >= 0.3 is 12.1 Å². The van der Waals surface area contributed by atoms with Gasteiger partial charge in [0.05, 0.1) is 29.1 Å². The Bertz CT molecular complexity index is 499. The number of rotatable bonds is 4. The largest absolute Gasteiger partial charge is 0.466 e. The minimum atomic E-state index is -4.77. The number of alkyl halides is 3. The summed E-state index contributed by atoms with van der Waals surface area (Å²) in [6.07, 6.45) is -5.56. The van der Waals surface area contributed by atoms with Crippen molar-refractivity contribution < 1.29 is 27.6 Å². The van der Waals surface area contributed by atoms with Crippen molar-refractivity contribution in [2.24, 2.45) is 0 Å². The van der Waals surface area contributed by atoms with Gasteiger partial charge in [-0.05, 0) is 13.0 Å². The van der Waals surface area contributed by atoms with Crippen molar-refractivity contribution >= 4 is 11.7 Å². The van der Waals surface area contributed by atoms with Crippen LogP contribution in [0.25, 0.3) is 0 Å². The molecular weight excluding hydrogens is 267 g/mol. The molecule has 0 saturated carbocycles. The van der Waals surface area contributed by atoms with Gasteiger partial charge in [-0.2, -0.15) is 13.2 Å². The van der Waals surface area contributed by atoms with Crippen molar-refractivity contribution in [1.29, 1.82) is 0 Å². The highest BCUT2D eigenvalue weighted by Gasteiger charge is 2.37. The summed E-state index contributed by atoms with van der Waals surface area (Å²) >= 11 is 0. The molecule has 0 spiro atoms. The molecule has 0 aliphatic heterocycles.